The van der Waals surface area contributed by atoms with Gasteiger partial charge in [-0.05, 0) is 24.7 Å². The predicted molar refractivity (Wildman–Crippen MR) is 61.3 cm³/mol. The number of allylic oxidation sites excluding steroid dienone is 2. The Bertz CT molecular complexity index is 424. The summed E-state index contributed by atoms with van der Waals surface area (Å²) in [5, 5.41) is 8.66. The molecule has 0 aromatic rings. The first-order valence-corrected chi connectivity index (χ1v) is 6.35. The first-order chi connectivity index (χ1) is 8.59. The van der Waals surface area contributed by atoms with E-state index in [1.54, 1.807) is 0 Å². The van der Waals surface area contributed by atoms with Gasteiger partial charge in [-0.15, -0.1) is 0 Å². The second-order valence-electron chi connectivity index (χ2n) is 5.31. The Morgan fingerprint density at radius 2 is 1.67 bits per heavy atom. The van der Waals surface area contributed by atoms with Crippen LogP contribution in [0.15, 0.2) is 12.2 Å². The molecule has 4 aliphatic rings. The van der Waals surface area contributed by atoms with Gasteiger partial charge in [-0.1, -0.05) is 12.2 Å². The van der Waals surface area contributed by atoms with Crippen LogP contribution in [-0.2, 0) is 14.4 Å². The SMILES string of the molecule is O=C(O)CCN1C(=O)[C@@H]2[C@@H](C1=O)[C@H]1C=C[C@H]2CC1. The highest BCUT2D eigenvalue weighted by atomic mass is 16.4. The Balaban J connectivity index is 1.83. The lowest BCUT2D eigenvalue weighted by Crippen LogP contribution is -2.38. The van der Waals surface area contributed by atoms with E-state index in [9.17, 15) is 14.4 Å². The van der Waals surface area contributed by atoms with Gasteiger partial charge in [0.05, 0.1) is 18.3 Å². The minimum Gasteiger partial charge on any atom is -0.481 e. The predicted octanol–water partition coefficient (Wildman–Crippen LogP) is 0.658. The van der Waals surface area contributed by atoms with Gasteiger partial charge in [0.2, 0.25) is 11.8 Å². The van der Waals surface area contributed by atoms with Gasteiger partial charge in [0.25, 0.3) is 0 Å². The molecule has 0 radical (unpaired) electrons. The number of likely N-dealkylation sites (tertiary alicyclic amines) is 1. The molecule has 0 unspecified atom stereocenters. The van der Waals surface area contributed by atoms with E-state index in [1.807, 2.05) is 0 Å². The van der Waals surface area contributed by atoms with Gasteiger partial charge in [-0.25, -0.2) is 0 Å². The number of hydrogen-bond acceptors (Lipinski definition) is 3. The molecule has 0 spiro atoms. The second-order valence-corrected chi connectivity index (χ2v) is 5.31. The topological polar surface area (TPSA) is 74.7 Å². The van der Waals surface area contributed by atoms with E-state index in [1.165, 1.54) is 4.90 Å². The largest absolute Gasteiger partial charge is 0.481 e. The Morgan fingerprint density at radius 1 is 1.17 bits per heavy atom. The van der Waals surface area contributed by atoms with Crippen LogP contribution in [0.4, 0.5) is 0 Å². The van der Waals surface area contributed by atoms with Crippen LogP contribution in [0.25, 0.3) is 0 Å². The summed E-state index contributed by atoms with van der Waals surface area (Å²) < 4.78 is 0. The quantitative estimate of drug-likeness (QED) is 0.589. The highest BCUT2D eigenvalue weighted by Crippen LogP contribution is 2.49. The molecule has 1 aliphatic heterocycles. The average Bonchev–Trinajstić information content (AvgIpc) is 2.63. The summed E-state index contributed by atoms with van der Waals surface area (Å²) in [5.74, 6) is -1.41. The Hall–Kier alpha value is -1.65. The molecule has 1 heterocycles. The van der Waals surface area contributed by atoms with Crippen molar-refractivity contribution in [1.82, 2.24) is 4.90 Å². The highest BCUT2D eigenvalue weighted by molar-refractivity contribution is 6.06. The number of aliphatic carboxylic acids is 1. The number of fused-ring (bicyclic) bond motifs is 1. The average molecular weight is 249 g/mol. The standard InChI is InChI=1S/C13H15NO4/c15-9(16)5-6-14-12(17)10-7-1-2-8(4-3-7)11(10)13(14)18/h1-2,7-8,10-11H,3-6H2,(H,15,16)/t7-,8-,10-,11-/m0/s1. The van der Waals surface area contributed by atoms with Crippen molar-refractivity contribution in [2.24, 2.45) is 23.7 Å². The maximum absolute atomic E-state index is 12.2. The Morgan fingerprint density at radius 3 is 2.06 bits per heavy atom. The number of carboxylic acid groups (broad SMARTS) is 1. The summed E-state index contributed by atoms with van der Waals surface area (Å²) in [7, 11) is 0. The van der Waals surface area contributed by atoms with Crippen LogP contribution in [0, 0.1) is 23.7 Å². The molecule has 96 valence electrons. The molecule has 4 rings (SSSR count). The van der Waals surface area contributed by atoms with E-state index in [4.69, 9.17) is 5.11 Å². The van der Waals surface area contributed by atoms with Crippen LogP contribution in [0.5, 0.6) is 0 Å². The third-order valence-electron chi connectivity index (χ3n) is 4.40. The molecular weight excluding hydrogens is 234 g/mol. The number of carboxylic acids is 1. The molecule has 2 bridgehead atoms. The van der Waals surface area contributed by atoms with Crippen molar-refractivity contribution in [3.8, 4) is 0 Å². The van der Waals surface area contributed by atoms with Gasteiger partial charge < -0.3 is 5.11 Å². The molecule has 0 aromatic heterocycles. The van der Waals surface area contributed by atoms with Gasteiger partial charge in [0, 0.05) is 6.54 Å². The lowest BCUT2D eigenvalue weighted by molar-refractivity contribution is -0.142. The van der Waals surface area contributed by atoms with Crippen LogP contribution >= 0.6 is 0 Å². The van der Waals surface area contributed by atoms with E-state index in [-0.39, 0.29) is 48.5 Å². The number of carbonyl (C=O) groups is 3. The number of carbonyl (C=O) groups excluding carboxylic acids is 2. The summed E-state index contributed by atoms with van der Waals surface area (Å²) in [4.78, 5) is 36.2. The summed E-state index contributed by atoms with van der Waals surface area (Å²) >= 11 is 0. The second kappa shape index (κ2) is 3.93. The Labute approximate surface area is 104 Å². The molecule has 18 heavy (non-hydrogen) atoms. The molecule has 5 nitrogen and oxygen atoms in total. The van der Waals surface area contributed by atoms with Crippen molar-refractivity contribution in [3.05, 3.63) is 12.2 Å². The molecular formula is C13H15NO4. The fourth-order valence-electron chi connectivity index (χ4n) is 3.56. The number of rotatable bonds is 3. The zero-order valence-electron chi connectivity index (χ0n) is 9.91. The first-order valence-electron chi connectivity index (χ1n) is 6.35. The van der Waals surface area contributed by atoms with Crippen LogP contribution in [-0.4, -0.2) is 34.3 Å². The maximum atomic E-state index is 12.2. The number of amides is 2. The number of imide groups is 1. The van der Waals surface area contributed by atoms with Gasteiger partial charge >= 0.3 is 5.97 Å². The summed E-state index contributed by atoms with van der Waals surface area (Å²) in [6.07, 6.45) is 5.88. The molecule has 4 atom stereocenters. The van der Waals surface area contributed by atoms with Gasteiger partial charge in [-0.3, -0.25) is 19.3 Å². The maximum Gasteiger partial charge on any atom is 0.305 e. The number of hydrogen-bond donors (Lipinski definition) is 1. The monoisotopic (exact) mass is 249 g/mol. The van der Waals surface area contributed by atoms with E-state index in [0.29, 0.717) is 0 Å². The van der Waals surface area contributed by atoms with Crippen LogP contribution in [0.3, 0.4) is 0 Å². The van der Waals surface area contributed by atoms with Crippen molar-refractivity contribution in [2.75, 3.05) is 6.54 Å². The van der Waals surface area contributed by atoms with Crippen molar-refractivity contribution in [3.63, 3.8) is 0 Å². The number of nitrogens with zero attached hydrogens (tertiary/aromatic N) is 1. The molecule has 1 saturated heterocycles. The minimum atomic E-state index is -0.980. The molecule has 2 amide bonds. The van der Waals surface area contributed by atoms with Crippen molar-refractivity contribution < 1.29 is 19.5 Å². The molecule has 2 fully saturated rings. The van der Waals surface area contributed by atoms with E-state index < -0.39 is 5.97 Å². The summed E-state index contributed by atoms with van der Waals surface area (Å²) in [5.41, 5.74) is 0. The third kappa shape index (κ3) is 1.50. The highest BCUT2D eigenvalue weighted by Gasteiger charge is 2.56. The molecule has 1 N–H and O–H groups in total. The molecule has 1 saturated carbocycles. The third-order valence-corrected chi connectivity index (χ3v) is 4.40. The van der Waals surface area contributed by atoms with Crippen LogP contribution < -0.4 is 0 Å². The summed E-state index contributed by atoms with van der Waals surface area (Å²) in [6, 6.07) is 0. The lowest BCUT2D eigenvalue weighted by atomic mass is 9.63. The van der Waals surface area contributed by atoms with E-state index in [0.717, 1.165) is 12.8 Å². The molecule has 0 aromatic carbocycles. The van der Waals surface area contributed by atoms with E-state index in [2.05, 4.69) is 12.2 Å². The zero-order chi connectivity index (χ0) is 12.9. The normalized spacial score (nSPS) is 37.2. The Kier molecular flexibility index (Phi) is 2.50. The van der Waals surface area contributed by atoms with Gasteiger partial charge in [-0.2, -0.15) is 0 Å². The molecule has 5 heteroatoms. The fourth-order valence-corrected chi connectivity index (χ4v) is 3.56. The van der Waals surface area contributed by atoms with Gasteiger partial charge in [0.1, 0.15) is 0 Å². The smallest absolute Gasteiger partial charge is 0.305 e. The van der Waals surface area contributed by atoms with Crippen LogP contribution in [0.2, 0.25) is 0 Å². The first kappa shape index (κ1) is 11.4. The van der Waals surface area contributed by atoms with Crippen molar-refractivity contribution in [1.29, 1.82) is 0 Å². The van der Waals surface area contributed by atoms with Gasteiger partial charge in [0.15, 0.2) is 0 Å². The fraction of sp³-hybridized carbons (Fsp3) is 0.615. The zero-order valence-corrected chi connectivity index (χ0v) is 9.91. The lowest BCUT2D eigenvalue weighted by Gasteiger charge is -2.38. The molecule has 3 aliphatic carbocycles. The van der Waals surface area contributed by atoms with Crippen LogP contribution in [0.1, 0.15) is 19.3 Å². The summed E-state index contributed by atoms with van der Waals surface area (Å²) in [6.45, 7) is 0.0133. The van der Waals surface area contributed by atoms with Crippen molar-refractivity contribution in [2.45, 2.75) is 19.3 Å². The van der Waals surface area contributed by atoms with Crippen molar-refractivity contribution >= 4 is 17.8 Å². The van der Waals surface area contributed by atoms with E-state index >= 15 is 0 Å². The minimum absolute atomic E-state index is 0.0133.